The lowest BCUT2D eigenvalue weighted by atomic mass is 10.2. The van der Waals surface area contributed by atoms with E-state index < -0.39 is 0 Å². The number of carbonyl (C=O) groups is 1. The lowest BCUT2D eigenvalue weighted by Crippen LogP contribution is -2.31. The van der Waals surface area contributed by atoms with Crippen LogP contribution in [-0.2, 0) is 0 Å². The van der Waals surface area contributed by atoms with Gasteiger partial charge >= 0.3 is 0 Å². The molecular weight excluding hydrogens is 342 g/mol. The Balaban J connectivity index is 1.80. The topological polar surface area (TPSA) is 46.9 Å². The number of nitrogens with zero attached hydrogens (tertiary/aromatic N) is 2. The summed E-state index contributed by atoms with van der Waals surface area (Å²) in [6, 6.07) is 13.0. The third-order valence-corrected chi connectivity index (χ3v) is 4.96. The van der Waals surface area contributed by atoms with Crippen LogP contribution in [0.5, 0.6) is 0 Å². The number of hydrogen-bond donors (Lipinski definition) is 1. The quantitative estimate of drug-likeness (QED) is 0.740. The van der Waals surface area contributed by atoms with Crippen LogP contribution in [0, 0.1) is 13.8 Å². The summed E-state index contributed by atoms with van der Waals surface area (Å²) in [5.41, 5.74) is 2.60. The number of rotatable bonds is 5. The van der Waals surface area contributed by atoms with Gasteiger partial charge in [0.25, 0.3) is 5.91 Å². The number of hydrogen-bond acceptors (Lipinski definition) is 3. The minimum absolute atomic E-state index is 0.0261. The van der Waals surface area contributed by atoms with Crippen LogP contribution in [0.1, 0.15) is 32.7 Å². The summed E-state index contributed by atoms with van der Waals surface area (Å²) in [4.78, 5) is 13.6. The van der Waals surface area contributed by atoms with Gasteiger partial charge in [-0.25, -0.2) is 0 Å². The average molecular weight is 360 g/mol. The van der Waals surface area contributed by atoms with E-state index in [1.807, 2.05) is 36.0 Å². The molecule has 0 fully saturated rings. The molecule has 0 saturated heterocycles. The zero-order valence-corrected chi connectivity index (χ0v) is 15.1. The molecule has 0 spiro atoms. The standard InChI is InChI=1S/C18H18ClN3OS/c1-12-9-13(2)22(21-12)16(17-7-4-8-24-17)11-20-18(23)14-5-3-6-15(19)10-14/h3-10,16H,11H2,1-2H3,(H,20,23)/t16-/m0/s1. The van der Waals surface area contributed by atoms with E-state index in [9.17, 15) is 4.79 Å². The van der Waals surface area contributed by atoms with E-state index in [1.165, 1.54) is 0 Å². The number of nitrogens with one attached hydrogen (secondary N) is 1. The maximum Gasteiger partial charge on any atom is 0.251 e. The summed E-state index contributed by atoms with van der Waals surface area (Å²) in [5.74, 6) is -0.138. The van der Waals surface area contributed by atoms with E-state index >= 15 is 0 Å². The Labute approximate surface area is 150 Å². The number of aromatic nitrogens is 2. The fourth-order valence-electron chi connectivity index (χ4n) is 2.67. The molecule has 0 bridgehead atoms. The molecule has 2 heterocycles. The van der Waals surface area contributed by atoms with Gasteiger partial charge in [0.15, 0.2) is 0 Å². The lowest BCUT2D eigenvalue weighted by Gasteiger charge is -2.19. The van der Waals surface area contributed by atoms with Crippen molar-refractivity contribution in [2.24, 2.45) is 0 Å². The zero-order valence-electron chi connectivity index (χ0n) is 13.5. The molecule has 0 radical (unpaired) electrons. The smallest absolute Gasteiger partial charge is 0.251 e. The Morgan fingerprint density at radius 3 is 2.75 bits per heavy atom. The number of aryl methyl sites for hydroxylation is 2. The number of thiophene rings is 1. The summed E-state index contributed by atoms with van der Waals surface area (Å²) >= 11 is 7.62. The fourth-order valence-corrected chi connectivity index (χ4v) is 3.67. The highest BCUT2D eigenvalue weighted by molar-refractivity contribution is 7.10. The van der Waals surface area contributed by atoms with Crippen LogP contribution >= 0.6 is 22.9 Å². The van der Waals surface area contributed by atoms with E-state index in [-0.39, 0.29) is 11.9 Å². The summed E-state index contributed by atoms with van der Waals surface area (Å²) in [7, 11) is 0. The van der Waals surface area contributed by atoms with Crippen molar-refractivity contribution in [1.29, 1.82) is 0 Å². The molecule has 0 aliphatic rings. The maximum absolute atomic E-state index is 12.4. The minimum atomic E-state index is -0.138. The molecule has 124 valence electrons. The van der Waals surface area contributed by atoms with Gasteiger partial charge in [-0.15, -0.1) is 11.3 Å². The van der Waals surface area contributed by atoms with Gasteiger partial charge in [-0.2, -0.15) is 5.10 Å². The molecule has 24 heavy (non-hydrogen) atoms. The fraction of sp³-hybridized carbons (Fsp3) is 0.222. The van der Waals surface area contributed by atoms with Crippen molar-refractivity contribution < 1.29 is 4.79 Å². The van der Waals surface area contributed by atoms with E-state index in [4.69, 9.17) is 11.6 Å². The Bertz CT molecular complexity index is 842. The first kappa shape index (κ1) is 16.7. The molecule has 0 saturated carbocycles. The first-order valence-corrected chi connectivity index (χ1v) is 8.90. The summed E-state index contributed by atoms with van der Waals surface area (Å²) < 4.78 is 1.97. The van der Waals surface area contributed by atoms with Gasteiger partial charge in [-0.3, -0.25) is 9.48 Å². The van der Waals surface area contributed by atoms with Crippen molar-refractivity contribution in [2.75, 3.05) is 6.54 Å². The molecule has 0 unspecified atom stereocenters. The molecule has 1 amide bonds. The average Bonchev–Trinajstić information content (AvgIpc) is 3.18. The van der Waals surface area contributed by atoms with Gasteiger partial charge in [-0.1, -0.05) is 23.7 Å². The highest BCUT2D eigenvalue weighted by atomic mass is 35.5. The van der Waals surface area contributed by atoms with Crippen molar-refractivity contribution in [3.63, 3.8) is 0 Å². The molecule has 0 aliphatic heterocycles. The van der Waals surface area contributed by atoms with Crippen LogP contribution in [0.3, 0.4) is 0 Å². The van der Waals surface area contributed by atoms with Crippen LogP contribution in [0.2, 0.25) is 5.02 Å². The number of carbonyl (C=O) groups excluding carboxylic acids is 1. The predicted octanol–water partition coefficient (Wildman–Crippen LogP) is 4.23. The normalized spacial score (nSPS) is 12.1. The van der Waals surface area contributed by atoms with Gasteiger partial charge in [0.05, 0.1) is 5.69 Å². The van der Waals surface area contributed by atoms with E-state index in [2.05, 4.69) is 16.5 Å². The Morgan fingerprint density at radius 2 is 2.12 bits per heavy atom. The molecule has 1 aromatic carbocycles. The number of amides is 1. The lowest BCUT2D eigenvalue weighted by molar-refractivity contribution is 0.0949. The highest BCUT2D eigenvalue weighted by Crippen LogP contribution is 2.24. The molecule has 4 nitrogen and oxygen atoms in total. The largest absolute Gasteiger partial charge is 0.350 e. The van der Waals surface area contributed by atoms with Gasteiger partial charge in [0, 0.05) is 27.7 Å². The number of halogens is 1. The molecule has 6 heteroatoms. The van der Waals surface area contributed by atoms with Crippen LogP contribution in [-0.4, -0.2) is 22.2 Å². The van der Waals surface area contributed by atoms with Gasteiger partial charge < -0.3 is 5.32 Å². The van der Waals surface area contributed by atoms with Crippen LogP contribution < -0.4 is 5.32 Å². The van der Waals surface area contributed by atoms with Crippen molar-refractivity contribution in [3.8, 4) is 0 Å². The summed E-state index contributed by atoms with van der Waals surface area (Å²) in [6.45, 7) is 4.47. The summed E-state index contributed by atoms with van der Waals surface area (Å²) in [6.07, 6.45) is 0. The first-order valence-electron chi connectivity index (χ1n) is 7.64. The maximum atomic E-state index is 12.4. The van der Waals surface area contributed by atoms with E-state index in [0.29, 0.717) is 17.1 Å². The van der Waals surface area contributed by atoms with Crippen LogP contribution in [0.15, 0.2) is 47.8 Å². The molecular formula is C18H18ClN3OS. The van der Waals surface area contributed by atoms with Crippen LogP contribution in [0.4, 0.5) is 0 Å². The number of benzene rings is 1. The SMILES string of the molecule is Cc1cc(C)n([C@@H](CNC(=O)c2cccc(Cl)c2)c2cccs2)n1. The highest BCUT2D eigenvalue weighted by Gasteiger charge is 2.19. The second-order valence-electron chi connectivity index (χ2n) is 5.62. The second-order valence-corrected chi connectivity index (χ2v) is 7.04. The molecule has 1 N–H and O–H groups in total. The van der Waals surface area contributed by atoms with Gasteiger partial charge in [-0.05, 0) is 49.6 Å². The molecule has 3 rings (SSSR count). The zero-order chi connectivity index (χ0) is 17.1. The van der Waals surface area contributed by atoms with Gasteiger partial charge in [0.1, 0.15) is 6.04 Å². The van der Waals surface area contributed by atoms with Crippen LogP contribution in [0.25, 0.3) is 0 Å². The van der Waals surface area contributed by atoms with Crippen molar-refractivity contribution in [3.05, 3.63) is 74.7 Å². The predicted molar refractivity (Wildman–Crippen MR) is 97.9 cm³/mol. The van der Waals surface area contributed by atoms with E-state index in [1.54, 1.807) is 35.6 Å². The molecule has 1 atom stereocenters. The van der Waals surface area contributed by atoms with Crippen molar-refractivity contribution >= 4 is 28.8 Å². The second kappa shape index (κ2) is 7.20. The molecule has 3 aromatic rings. The summed E-state index contributed by atoms with van der Waals surface area (Å²) in [5, 5.41) is 10.2. The Hall–Kier alpha value is -2.11. The van der Waals surface area contributed by atoms with E-state index in [0.717, 1.165) is 16.3 Å². The third-order valence-electron chi connectivity index (χ3n) is 3.75. The first-order chi connectivity index (χ1) is 11.5. The Morgan fingerprint density at radius 1 is 1.29 bits per heavy atom. The minimum Gasteiger partial charge on any atom is -0.350 e. The third kappa shape index (κ3) is 3.68. The molecule has 2 aromatic heterocycles. The van der Waals surface area contributed by atoms with Crippen molar-refractivity contribution in [1.82, 2.24) is 15.1 Å². The van der Waals surface area contributed by atoms with Crippen molar-refractivity contribution in [2.45, 2.75) is 19.9 Å². The monoisotopic (exact) mass is 359 g/mol. The Kier molecular flexibility index (Phi) is 5.02. The molecule has 0 aliphatic carbocycles. The van der Waals surface area contributed by atoms with Gasteiger partial charge in [0.2, 0.25) is 0 Å².